The van der Waals surface area contributed by atoms with E-state index in [1.165, 1.54) is 0 Å². The summed E-state index contributed by atoms with van der Waals surface area (Å²) in [7, 11) is 1.63. The summed E-state index contributed by atoms with van der Waals surface area (Å²) >= 11 is 7.65. The van der Waals surface area contributed by atoms with Crippen molar-refractivity contribution in [2.24, 2.45) is 0 Å². The molecule has 0 aliphatic rings. The van der Waals surface area contributed by atoms with Crippen LogP contribution < -0.4 is 9.47 Å². The largest absolute Gasteiger partial charge is 0.493 e. The van der Waals surface area contributed by atoms with Crippen LogP contribution in [0.2, 0.25) is 5.02 Å². The molecule has 0 saturated carbocycles. The van der Waals surface area contributed by atoms with Gasteiger partial charge in [0.2, 0.25) is 5.88 Å². The van der Waals surface area contributed by atoms with Crippen molar-refractivity contribution in [3.8, 4) is 17.4 Å². The topological polar surface area (TPSA) is 44.2 Å². The molecule has 29 heavy (non-hydrogen) atoms. The number of nitrogens with zero attached hydrogens (tertiary/aromatic N) is 2. The Labute approximate surface area is 181 Å². The van der Waals surface area contributed by atoms with Crippen molar-refractivity contribution in [1.82, 2.24) is 9.97 Å². The summed E-state index contributed by atoms with van der Waals surface area (Å²) in [5.74, 6) is 2.53. The third-order valence-electron chi connectivity index (χ3n) is 4.24. The van der Waals surface area contributed by atoms with Gasteiger partial charge in [0.1, 0.15) is 0 Å². The number of hydrogen-bond donors (Lipinski definition) is 0. The zero-order valence-electron chi connectivity index (χ0n) is 17.3. The first kappa shape index (κ1) is 21.5. The highest BCUT2D eigenvalue weighted by atomic mass is 35.5. The summed E-state index contributed by atoms with van der Waals surface area (Å²) in [6.07, 6.45) is 0. The third kappa shape index (κ3) is 5.87. The van der Waals surface area contributed by atoms with E-state index in [-0.39, 0.29) is 5.41 Å². The molecule has 0 aliphatic heterocycles. The van der Waals surface area contributed by atoms with E-state index in [4.69, 9.17) is 26.1 Å². The van der Waals surface area contributed by atoms with Gasteiger partial charge in [0.15, 0.2) is 16.7 Å². The van der Waals surface area contributed by atoms with Crippen LogP contribution in [0, 0.1) is 6.92 Å². The average Bonchev–Trinajstić information content (AvgIpc) is 2.67. The van der Waals surface area contributed by atoms with Gasteiger partial charge in [-0.2, -0.15) is 4.98 Å². The van der Waals surface area contributed by atoms with E-state index in [9.17, 15) is 0 Å². The highest BCUT2D eigenvalue weighted by Gasteiger charge is 2.20. The Hall–Kier alpha value is -2.24. The second-order valence-corrected chi connectivity index (χ2v) is 9.18. The number of methoxy groups -OCH3 is 1. The zero-order valence-corrected chi connectivity index (χ0v) is 18.9. The summed E-state index contributed by atoms with van der Waals surface area (Å²) in [4.78, 5) is 9.37. The van der Waals surface area contributed by atoms with Crippen molar-refractivity contribution >= 4 is 23.4 Å². The minimum Gasteiger partial charge on any atom is -0.493 e. The van der Waals surface area contributed by atoms with Crippen LogP contribution in [0.4, 0.5) is 0 Å². The first-order valence-electron chi connectivity index (χ1n) is 9.34. The number of benzene rings is 2. The molecule has 152 valence electrons. The summed E-state index contributed by atoms with van der Waals surface area (Å²) in [5, 5.41) is 1.39. The molecule has 0 amide bonds. The van der Waals surface area contributed by atoms with Crippen LogP contribution in [0.25, 0.3) is 0 Å². The van der Waals surface area contributed by atoms with Gasteiger partial charge >= 0.3 is 0 Å². The number of aryl methyl sites for hydroxylation is 1. The maximum Gasteiger partial charge on any atom is 0.223 e. The van der Waals surface area contributed by atoms with Crippen molar-refractivity contribution in [2.45, 2.75) is 44.0 Å². The van der Waals surface area contributed by atoms with Gasteiger partial charge in [-0.05, 0) is 42.3 Å². The van der Waals surface area contributed by atoms with E-state index < -0.39 is 0 Å². The average molecular weight is 429 g/mol. The zero-order chi connectivity index (χ0) is 21.0. The molecule has 0 unspecified atom stereocenters. The Bertz CT molecular complexity index is 1000. The van der Waals surface area contributed by atoms with Gasteiger partial charge in [0.25, 0.3) is 0 Å². The third-order valence-corrected chi connectivity index (χ3v) is 5.39. The molecule has 0 radical (unpaired) electrons. The highest BCUT2D eigenvalue weighted by Crippen LogP contribution is 2.34. The number of rotatable bonds is 6. The molecule has 2 aromatic carbocycles. The first-order chi connectivity index (χ1) is 13.7. The molecule has 0 saturated heterocycles. The van der Waals surface area contributed by atoms with Crippen LogP contribution >= 0.6 is 23.4 Å². The minimum atomic E-state index is -0.135. The molecule has 3 aromatic rings. The van der Waals surface area contributed by atoms with Crippen molar-refractivity contribution < 1.29 is 9.47 Å². The van der Waals surface area contributed by atoms with Gasteiger partial charge in [-0.25, -0.2) is 4.98 Å². The fraction of sp³-hybridized carbons (Fsp3) is 0.304. The molecule has 0 spiro atoms. The summed E-state index contributed by atoms with van der Waals surface area (Å²) in [6, 6.07) is 15.5. The van der Waals surface area contributed by atoms with E-state index in [1.807, 2.05) is 55.5 Å². The van der Waals surface area contributed by atoms with E-state index in [1.54, 1.807) is 18.9 Å². The van der Waals surface area contributed by atoms with Crippen molar-refractivity contribution in [2.75, 3.05) is 7.11 Å². The quantitative estimate of drug-likeness (QED) is 0.318. The van der Waals surface area contributed by atoms with E-state index in [2.05, 4.69) is 25.8 Å². The molecule has 1 heterocycles. The summed E-state index contributed by atoms with van der Waals surface area (Å²) in [6.45, 7) is 8.38. The van der Waals surface area contributed by atoms with Crippen molar-refractivity contribution in [1.29, 1.82) is 0 Å². The Kier molecular flexibility index (Phi) is 6.70. The molecule has 4 nitrogen and oxygen atoms in total. The lowest BCUT2D eigenvalue weighted by Gasteiger charge is -2.19. The normalized spacial score (nSPS) is 11.4. The lowest BCUT2D eigenvalue weighted by atomic mass is 9.92. The molecule has 0 bridgehead atoms. The molecular weight excluding hydrogens is 404 g/mol. The van der Waals surface area contributed by atoms with Gasteiger partial charge in [-0.15, -0.1) is 0 Å². The minimum absolute atomic E-state index is 0.135. The maximum atomic E-state index is 6.09. The number of thioether (sulfide) groups is 1. The summed E-state index contributed by atoms with van der Waals surface area (Å²) in [5.41, 5.74) is 3.01. The second-order valence-electron chi connectivity index (χ2n) is 7.80. The smallest absolute Gasteiger partial charge is 0.223 e. The van der Waals surface area contributed by atoms with Crippen LogP contribution in [0.15, 0.2) is 53.7 Å². The molecule has 0 fully saturated rings. The van der Waals surface area contributed by atoms with Gasteiger partial charge in [-0.3, -0.25) is 0 Å². The molecule has 0 N–H and O–H groups in total. The van der Waals surface area contributed by atoms with Gasteiger partial charge in [0.05, 0.1) is 12.8 Å². The Morgan fingerprint density at radius 1 is 1.00 bits per heavy atom. The van der Waals surface area contributed by atoms with Gasteiger partial charge in [0, 0.05) is 22.3 Å². The fourth-order valence-corrected chi connectivity index (χ4v) is 3.66. The highest BCUT2D eigenvalue weighted by molar-refractivity contribution is 7.98. The lowest BCUT2D eigenvalue weighted by molar-refractivity contribution is 0.371. The first-order valence-corrected chi connectivity index (χ1v) is 10.7. The summed E-state index contributed by atoms with van der Waals surface area (Å²) < 4.78 is 11.5. The monoisotopic (exact) mass is 428 g/mol. The van der Waals surface area contributed by atoms with E-state index >= 15 is 0 Å². The molecular formula is C23H25ClN2O2S. The number of hydrogen-bond acceptors (Lipinski definition) is 5. The van der Waals surface area contributed by atoms with Crippen molar-refractivity contribution in [3.63, 3.8) is 0 Å². The van der Waals surface area contributed by atoms with Gasteiger partial charge < -0.3 is 9.47 Å². The molecule has 1 aromatic heterocycles. The van der Waals surface area contributed by atoms with E-state index in [0.29, 0.717) is 22.5 Å². The predicted molar refractivity (Wildman–Crippen MR) is 120 cm³/mol. The number of aromatic nitrogens is 2. The van der Waals surface area contributed by atoms with Crippen LogP contribution in [-0.4, -0.2) is 17.1 Å². The standard InChI is InChI=1S/C23H25ClN2O2S/c1-15-9-10-18(19(11-15)27-5)28-21-13-20(23(2,3)4)25-22(26-21)29-14-16-7-6-8-17(24)12-16/h6-13H,14H2,1-5H3. The van der Waals surface area contributed by atoms with Crippen molar-refractivity contribution in [3.05, 3.63) is 70.4 Å². The number of halogens is 1. The van der Waals surface area contributed by atoms with Crippen LogP contribution in [0.1, 0.15) is 37.6 Å². The Morgan fingerprint density at radius 2 is 1.79 bits per heavy atom. The predicted octanol–water partition coefficient (Wildman–Crippen LogP) is 6.83. The molecule has 3 rings (SSSR count). The molecule has 0 atom stereocenters. The lowest BCUT2D eigenvalue weighted by Crippen LogP contribution is -2.14. The van der Waals surface area contributed by atoms with Crippen LogP contribution in [0.5, 0.6) is 17.4 Å². The molecule has 0 aliphatic carbocycles. The molecule has 6 heteroatoms. The van der Waals surface area contributed by atoms with Crippen LogP contribution in [0.3, 0.4) is 0 Å². The maximum absolute atomic E-state index is 6.09. The van der Waals surface area contributed by atoms with Gasteiger partial charge in [-0.1, -0.05) is 62.3 Å². The van der Waals surface area contributed by atoms with Crippen LogP contribution in [-0.2, 0) is 11.2 Å². The SMILES string of the molecule is COc1cc(C)ccc1Oc1cc(C(C)(C)C)nc(SCc2cccc(Cl)c2)n1. The Balaban J connectivity index is 1.89. The van der Waals surface area contributed by atoms with E-state index in [0.717, 1.165) is 27.6 Å². The fourth-order valence-electron chi connectivity index (χ4n) is 2.65. The number of ether oxygens (including phenoxy) is 2. The Morgan fingerprint density at radius 3 is 2.48 bits per heavy atom. The second kappa shape index (κ2) is 9.06.